The molecule has 0 unspecified atom stereocenters. The summed E-state index contributed by atoms with van der Waals surface area (Å²) in [6.07, 6.45) is 1.83. The lowest BCUT2D eigenvalue weighted by Gasteiger charge is -2.12. The molecule has 0 saturated carbocycles. The van der Waals surface area contributed by atoms with Gasteiger partial charge in [-0.2, -0.15) is 5.26 Å². The summed E-state index contributed by atoms with van der Waals surface area (Å²) in [5.41, 5.74) is 3.35. The zero-order chi connectivity index (χ0) is 19.1. The van der Waals surface area contributed by atoms with Gasteiger partial charge in [0, 0.05) is 5.02 Å². The molecule has 27 heavy (non-hydrogen) atoms. The minimum absolute atomic E-state index is 0.413. The van der Waals surface area contributed by atoms with Crippen molar-refractivity contribution >= 4 is 23.3 Å². The molecule has 0 aliphatic rings. The van der Waals surface area contributed by atoms with E-state index in [0.717, 1.165) is 16.7 Å². The Morgan fingerprint density at radius 1 is 1.00 bits per heavy atom. The van der Waals surface area contributed by atoms with Crippen LogP contribution in [-0.2, 0) is 6.61 Å². The zero-order valence-electron chi connectivity index (χ0n) is 14.9. The highest BCUT2D eigenvalue weighted by atomic mass is 35.5. The van der Waals surface area contributed by atoms with Gasteiger partial charge in [-0.1, -0.05) is 60.1 Å². The second-order valence-corrected chi connectivity index (χ2v) is 6.30. The number of ether oxygens (including phenoxy) is 2. The summed E-state index contributed by atoms with van der Waals surface area (Å²) in [5.74, 6) is 1.26. The summed E-state index contributed by atoms with van der Waals surface area (Å²) in [6.45, 7) is 0.413. The molecular weight excluding hydrogens is 358 g/mol. The third-order valence-corrected chi connectivity index (χ3v) is 4.26. The van der Waals surface area contributed by atoms with Gasteiger partial charge in [-0.3, -0.25) is 0 Å². The van der Waals surface area contributed by atoms with Crippen LogP contribution in [0, 0.1) is 11.3 Å². The molecule has 0 aliphatic heterocycles. The van der Waals surface area contributed by atoms with Crippen LogP contribution >= 0.6 is 11.6 Å². The lowest BCUT2D eigenvalue weighted by molar-refractivity contribution is 0.284. The SMILES string of the molecule is COc1cc(/C=C(/C#N)c2ccccc2)ccc1OCc1ccc(Cl)cc1. The summed E-state index contributed by atoms with van der Waals surface area (Å²) >= 11 is 5.90. The van der Waals surface area contributed by atoms with Gasteiger partial charge in [-0.15, -0.1) is 0 Å². The van der Waals surface area contributed by atoms with Gasteiger partial charge >= 0.3 is 0 Å². The van der Waals surface area contributed by atoms with Gasteiger partial charge < -0.3 is 9.47 Å². The smallest absolute Gasteiger partial charge is 0.161 e. The van der Waals surface area contributed by atoms with Crippen LogP contribution in [-0.4, -0.2) is 7.11 Å². The molecule has 0 aromatic heterocycles. The summed E-state index contributed by atoms with van der Waals surface area (Å²) < 4.78 is 11.3. The summed E-state index contributed by atoms with van der Waals surface area (Å²) in [5, 5.41) is 10.2. The number of rotatable bonds is 6. The molecule has 3 aromatic carbocycles. The molecule has 0 fully saturated rings. The molecule has 0 amide bonds. The monoisotopic (exact) mass is 375 g/mol. The van der Waals surface area contributed by atoms with E-state index >= 15 is 0 Å². The Hall–Kier alpha value is -3.22. The number of benzene rings is 3. The first-order valence-corrected chi connectivity index (χ1v) is 8.80. The van der Waals surface area contributed by atoms with Crippen LogP contribution in [0.25, 0.3) is 11.6 Å². The van der Waals surface area contributed by atoms with E-state index in [1.165, 1.54) is 0 Å². The van der Waals surface area contributed by atoms with Gasteiger partial charge in [-0.05, 0) is 47.0 Å². The van der Waals surface area contributed by atoms with Gasteiger partial charge in [-0.25, -0.2) is 0 Å². The molecule has 3 aromatic rings. The number of halogens is 1. The number of methoxy groups -OCH3 is 1. The average Bonchev–Trinajstić information content (AvgIpc) is 2.72. The maximum atomic E-state index is 9.47. The van der Waals surface area contributed by atoms with Crippen molar-refractivity contribution in [2.75, 3.05) is 7.11 Å². The van der Waals surface area contributed by atoms with Gasteiger partial charge in [0.2, 0.25) is 0 Å². The molecule has 0 radical (unpaired) electrons. The van der Waals surface area contributed by atoms with Gasteiger partial charge in [0.15, 0.2) is 11.5 Å². The number of nitrogens with zero attached hydrogens (tertiary/aromatic N) is 1. The van der Waals surface area contributed by atoms with Crippen LogP contribution < -0.4 is 9.47 Å². The Bertz CT molecular complexity index is 974. The van der Waals surface area contributed by atoms with E-state index in [-0.39, 0.29) is 0 Å². The molecular formula is C23H18ClNO2. The second kappa shape index (κ2) is 8.93. The van der Waals surface area contributed by atoms with Crippen LogP contribution in [0.2, 0.25) is 5.02 Å². The normalized spacial score (nSPS) is 10.9. The Morgan fingerprint density at radius 3 is 2.41 bits per heavy atom. The first-order chi connectivity index (χ1) is 13.2. The van der Waals surface area contributed by atoms with E-state index in [4.69, 9.17) is 21.1 Å². The van der Waals surface area contributed by atoms with Gasteiger partial charge in [0.05, 0.1) is 18.8 Å². The summed E-state index contributed by atoms with van der Waals surface area (Å²) in [4.78, 5) is 0. The number of allylic oxidation sites excluding steroid dienone is 1. The highest BCUT2D eigenvalue weighted by Crippen LogP contribution is 2.30. The fourth-order valence-corrected chi connectivity index (χ4v) is 2.73. The Morgan fingerprint density at radius 2 is 1.74 bits per heavy atom. The maximum absolute atomic E-state index is 9.47. The van der Waals surface area contributed by atoms with E-state index in [2.05, 4.69) is 6.07 Å². The number of hydrogen-bond donors (Lipinski definition) is 0. The highest BCUT2D eigenvalue weighted by Gasteiger charge is 2.07. The minimum Gasteiger partial charge on any atom is -0.493 e. The summed E-state index contributed by atoms with van der Waals surface area (Å²) in [7, 11) is 1.60. The average molecular weight is 376 g/mol. The molecule has 0 aliphatic carbocycles. The molecule has 134 valence electrons. The maximum Gasteiger partial charge on any atom is 0.161 e. The van der Waals surface area contributed by atoms with E-state index < -0.39 is 0 Å². The first-order valence-electron chi connectivity index (χ1n) is 8.42. The number of hydrogen-bond acceptors (Lipinski definition) is 3. The van der Waals surface area contributed by atoms with E-state index in [0.29, 0.717) is 28.7 Å². The van der Waals surface area contributed by atoms with Crippen molar-refractivity contribution in [2.24, 2.45) is 0 Å². The third kappa shape index (κ3) is 4.91. The molecule has 0 bridgehead atoms. The largest absolute Gasteiger partial charge is 0.493 e. The molecule has 0 atom stereocenters. The number of nitriles is 1. The molecule has 0 spiro atoms. The topological polar surface area (TPSA) is 42.2 Å². The van der Waals surface area contributed by atoms with Crippen molar-refractivity contribution in [1.29, 1.82) is 5.26 Å². The highest BCUT2D eigenvalue weighted by molar-refractivity contribution is 6.30. The van der Waals surface area contributed by atoms with Crippen molar-refractivity contribution in [1.82, 2.24) is 0 Å². The Labute approximate surface area is 164 Å². The van der Waals surface area contributed by atoms with Crippen LogP contribution in [0.1, 0.15) is 16.7 Å². The third-order valence-electron chi connectivity index (χ3n) is 4.01. The van der Waals surface area contributed by atoms with E-state index in [1.807, 2.05) is 78.9 Å². The molecule has 3 rings (SSSR count). The molecule has 0 saturated heterocycles. The van der Waals surface area contributed by atoms with Crippen molar-refractivity contribution in [3.8, 4) is 17.6 Å². The molecule has 0 N–H and O–H groups in total. The zero-order valence-corrected chi connectivity index (χ0v) is 15.6. The minimum atomic E-state index is 0.413. The van der Waals surface area contributed by atoms with Gasteiger partial charge in [0.25, 0.3) is 0 Å². The van der Waals surface area contributed by atoms with Crippen LogP contribution in [0.5, 0.6) is 11.5 Å². The quantitative estimate of drug-likeness (QED) is 0.392. The second-order valence-electron chi connectivity index (χ2n) is 5.86. The standard InChI is InChI=1S/C23H18ClNO2/c1-26-23-14-18(13-20(15-25)19-5-3-2-4-6-19)9-12-22(23)27-16-17-7-10-21(24)11-8-17/h2-14H,16H2,1H3/b20-13-. The fourth-order valence-electron chi connectivity index (χ4n) is 2.60. The molecule has 4 heteroatoms. The van der Waals surface area contributed by atoms with Crippen LogP contribution in [0.15, 0.2) is 72.8 Å². The van der Waals surface area contributed by atoms with Crippen molar-refractivity contribution in [3.63, 3.8) is 0 Å². The first kappa shape index (κ1) is 18.6. The van der Waals surface area contributed by atoms with Crippen molar-refractivity contribution in [2.45, 2.75) is 6.61 Å². The molecule has 0 heterocycles. The lowest BCUT2D eigenvalue weighted by Crippen LogP contribution is -1.98. The van der Waals surface area contributed by atoms with Crippen molar-refractivity contribution < 1.29 is 9.47 Å². The van der Waals surface area contributed by atoms with E-state index in [9.17, 15) is 5.26 Å². The van der Waals surface area contributed by atoms with E-state index in [1.54, 1.807) is 7.11 Å². The predicted octanol–water partition coefficient (Wildman–Crippen LogP) is 5.99. The van der Waals surface area contributed by atoms with Crippen LogP contribution in [0.3, 0.4) is 0 Å². The Balaban J connectivity index is 1.80. The fraction of sp³-hybridized carbons (Fsp3) is 0.0870. The van der Waals surface area contributed by atoms with Crippen LogP contribution in [0.4, 0.5) is 0 Å². The summed E-state index contributed by atoms with van der Waals surface area (Å²) in [6, 6.07) is 24.9. The predicted molar refractivity (Wildman–Crippen MR) is 109 cm³/mol. The van der Waals surface area contributed by atoms with Gasteiger partial charge in [0.1, 0.15) is 6.61 Å². The van der Waals surface area contributed by atoms with Crippen molar-refractivity contribution in [3.05, 3.63) is 94.5 Å². The molecule has 3 nitrogen and oxygen atoms in total. The Kier molecular flexibility index (Phi) is 6.14. The lowest BCUT2D eigenvalue weighted by atomic mass is 10.0.